The molecule has 0 saturated heterocycles. The molecule has 4 aromatic rings. The summed E-state index contributed by atoms with van der Waals surface area (Å²) < 4.78 is 16.2. The van der Waals surface area contributed by atoms with Gasteiger partial charge in [-0.05, 0) is 40.6 Å². The predicted molar refractivity (Wildman–Crippen MR) is 136 cm³/mol. The topological polar surface area (TPSA) is 106 Å². The van der Waals surface area contributed by atoms with Gasteiger partial charge < -0.3 is 19.3 Å². The van der Waals surface area contributed by atoms with Gasteiger partial charge in [0, 0.05) is 5.56 Å². The monoisotopic (exact) mass is 484 g/mol. The van der Waals surface area contributed by atoms with Crippen LogP contribution in [0.5, 0.6) is 17.2 Å². The number of esters is 1. The average Bonchev–Trinajstić information content (AvgIpc) is 2.93. The van der Waals surface area contributed by atoms with Crippen molar-refractivity contribution in [1.29, 1.82) is 0 Å². The molecule has 0 fully saturated rings. The first kappa shape index (κ1) is 24.4. The van der Waals surface area contributed by atoms with Crippen LogP contribution in [0.2, 0.25) is 0 Å². The summed E-state index contributed by atoms with van der Waals surface area (Å²) in [6, 6.07) is 24.2. The summed E-state index contributed by atoms with van der Waals surface area (Å²) in [5.74, 6) is -0.172. The third-order valence-electron chi connectivity index (χ3n) is 5.48. The van der Waals surface area contributed by atoms with Gasteiger partial charge in [0.15, 0.2) is 17.6 Å². The molecule has 8 nitrogen and oxygen atoms in total. The van der Waals surface area contributed by atoms with Gasteiger partial charge in [0.25, 0.3) is 5.91 Å². The van der Waals surface area contributed by atoms with E-state index in [1.165, 1.54) is 26.5 Å². The second-order valence-electron chi connectivity index (χ2n) is 7.71. The van der Waals surface area contributed by atoms with Crippen molar-refractivity contribution in [3.05, 3.63) is 102 Å². The summed E-state index contributed by atoms with van der Waals surface area (Å²) in [7, 11) is 2.99. The van der Waals surface area contributed by atoms with E-state index in [4.69, 9.17) is 14.2 Å². The van der Waals surface area contributed by atoms with E-state index in [1.807, 2.05) is 30.3 Å². The van der Waals surface area contributed by atoms with Crippen LogP contribution in [0, 0.1) is 0 Å². The highest BCUT2D eigenvalue weighted by Gasteiger charge is 2.18. The van der Waals surface area contributed by atoms with Gasteiger partial charge in [0.1, 0.15) is 5.75 Å². The molecule has 36 heavy (non-hydrogen) atoms. The maximum absolute atomic E-state index is 12.9. The number of nitrogens with one attached hydrogen (secondary N) is 1. The fourth-order valence-corrected chi connectivity index (χ4v) is 3.63. The zero-order valence-corrected chi connectivity index (χ0v) is 19.7. The quantitative estimate of drug-likeness (QED) is 0.168. The fraction of sp³-hybridized carbons (Fsp3) is 0.107. The Hall–Kier alpha value is -4.69. The molecule has 1 amide bonds. The van der Waals surface area contributed by atoms with Gasteiger partial charge in [0.2, 0.25) is 0 Å². The Kier molecular flexibility index (Phi) is 7.57. The van der Waals surface area contributed by atoms with E-state index in [0.717, 1.165) is 10.8 Å². The standard InChI is InChI=1S/C28H24N2O6/c1-34-24-15-13-20(16-25(24)35-2)28(33)36-23-14-12-18-8-6-7-11-21(18)22(23)17-29-30-27(32)26(31)19-9-4-3-5-10-19/h3-17,26,31H,1-2H3,(H,30,32)/b29-17+. The number of hydrazone groups is 1. The number of methoxy groups -OCH3 is 2. The van der Waals surface area contributed by atoms with Gasteiger partial charge >= 0.3 is 5.97 Å². The summed E-state index contributed by atoms with van der Waals surface area (Å²) in [6.07, 6.45) is 0.00744. The summed E-state index contributed by atoms with van der Waals surface area (Å²) in [4.78, 5) is 25.3. The van der Waals surface area contributed by atoms with Crippen LogP contribution >= 0.6 is 0 Å². The number of benzene rings is 4. The molecule has 0 spiro atoms. The zero-order valence-electron chi connectivity index (χ0n) is 19.7. The molecule has 2 N–H and O–H groups in total. The maximum Gasteiger partial charge on any atom is 0.343 e. The highest BCUT2D eigenvalue weighted by molar-refractivity contribution is 6.04. The number of hydrogen-bond acceptors (Lipinski definition) is 7. The average molecular weight is 485 g/mol. The first-order valence-electron chi connectivity index (χ1n) is 11.0. The number of fused-ring (bicyclic) bond motifs is 1. The fourth-order valence-electron chi connectivity index (χ4n) is 3.63. The van der Waals surface area contributed by atoms with Crippen LogP contribution in [0.4, 0.5) is 0 Å². The Labute approximate surface area is 207 Å². The van der Waals surface area contributed by atoms with E-state index >= 15 is 0 Å². The van der Waals surface area contributed by atoms with E-state index in [9.17, 15) is 14.7 Å². The Morgan fingerprint density at radius 2 is 1.56 bits per heavy atom. The largest absolute Gasteiger partial charge is 0.493 e. The van der Waals surface area contributed by atoms with Gasteiger partial charge in [-0.3, -0.25) is 4.79 Å². The van der Waals surface area contributed by atoms with Gasteiger partial charge in [-0.15, -0.1) is 0 Å². The van der Waals surface area contributed by atoms with Crippen molar-refractivity contribution < 1.29 is 28.9 Å². The van der Waals surface area contributed by atoms with Gasteiger partial charge in [-0.25, -0.2) is 10.2 Å². The lowest BCUT2D eigenvalue weighted by atomic mass is 10.0. The van der Waals surface area contributed by atoms with Crippen molar-refractivity contribution >= 4 is 28.9 Å². The highest BCUT2D eigenvalue weighted by Crippen LogP contribution is 2.30. The van der Waals surface area contributed by atoms with E-state index in [-0.39, 0.29) is 11.3 Å². The Bertz CT molecular complexity index is 1420. The zero-order chi connectivity index (χ0) is 25.5. The summed E-state index contributed by atoms with van der Waals surface area (Å²) in [6.45, 7) is 0. The normalized spacial score (nSPS) is 11.8. The molecule has 8 heteroatoms. The molecule has 0 aliphatic carbocycles. The van der Waals surface area contributed by atoms with Crippen molar-refractivity contribution in [3.63, 3.8) is 0 Å². The molecule has 0 aliphatic heterocycles. The number of aliphatic hydroxyl groups excluding tert-OH is 1. The Balaban J connectivity index is 1.60. The number of amides is 1. The molecule has 182 valence electrons. The van der Waals surface area contributed by atoms with Crippen LogP contribution in [0.3, 0.4) is 0 Å². The third kappa shape index (κ3) is 5.34. The van der Waals surface area contributed by atoms with E-state index in [0.29, 0.717) is 22.6 Å². The van der Waals surface area contributed by atoms with Crippen molar-refractivity contribution in [2.75, 3.05) is 14.2 Å². The molecule has 0 radical (unpaired) electrons. The van der Waals surface area contributed by atoms with Crippen molar-refractivity contribution in [2.45, 2.75) is 6.10 Å². The molecular weight excluding hydrogens is 460 g/mol. The smallest absolute Gasteiger partial charge is 0.343 e. The van der Waals surface area contributed by atoms with Crippen LogP contribution in [-0.4, -0.2) is 37.4 Å². The summed E-state index contributed by atoms with van der Waals surface area (Å²) in [5.41, 5.74) is 3.54. The molecule has 1 atom stereocenters. The van der Waals surface area contributed by atoms with E-state index in [2.05, 4.69) is 10.5 Å². The number of carbonyl (C=O) groups is 2. The molecule has 0 aromatic heterocycles. The molecule has 4 rings (SSSR count). The van der Waals surface area contributed by atoms with Gasteiger partial charge in [-0.2, -0.15) is 5.10 Å². The van der Waals surface area contributed by atoms with Crippen LogP contribution < -0.4 is 19.6 Å². The highest BCUT2D eigenvalue weighted by atomic mass is 16.5. The first-order chi connectivity index (χ1) is 17.5. The molecule has 1 unspecified atom stereocenters. The molecule has 0 aliphatic rings. The van der Waals surface area contributed by atoms with Crippen LogP contribution in [0.1, 0.15) is 27.6 Å². The minimum absolute atomic E-state index is 0.245. The number of ether oxygens (including phenoxy) is 3. The van der Waals surface area contributed by atoms with E-state index < -0.39 is 18.0 Å². The van der Waals surface area contributed by atoms with E-state index in [1.54, 1.807) is 48.5 Å². The lowest BCUT2D eigenvalue weighted by Gasteiger charge is -2.12. The van der Waals surface area contributed by atoms with Gasteiger partial charge in [-0.1, -0.05) is 60.7 Å². The minimum Gasteiger partial charge on any atom is -0.493 e. The molecule has 0 bridgehead atoms. The van der Waals surface area contributed by atoms with Crippen molar-refractivity contribution in [1.82, 2.24) is 5.43 Å². The van der Waals surface area contributed by atoms with Crippen molar-refractivity contribution in [2.24, 2.45) is 5.10 Å². The molecule has 0 heterocycles. The SMILES string of the molecule is COc1ccc(C(=O)Oc2ccc3ccccc3c2/C=N/NC(=O)C(O)c2ccccc2)cc1OC. The number of hydrogen-bond donors (Lipinski definition) is 2. The summed E-state index contributed by atoms with van der Waals surface area (Å²) >= 11 is 0. The molecule has 0 saturated carbocycles. The first-order valence-corrected chi connectivity index (χ1v) is 11.0. The number of carbonyl (C=O) groups excluding carboxylic acids is 2. The third-order valence-corrected chi connectivity index (χ3v) is 5.48. The number of nitrogens with zero attached hydrogens (tertiary/aromatic N) is 1. The van der Waals surface area contributed by atoms with Crippen LogP contribution in [-0.2, 0) is 4.79 Å². The second-order valence-corrected chi connectivity index (χ2v) is 7.71. The van der Waals surface area contributed by atoms with Crippen molar-refractivity contribution in [3.8, 4) is 17.2 Å². The lowest BCUT2D eigenvalue weighted by molar-refractivity contribution is -0.129. The maximum atomic E-state index is 12.9. The molecule has 4 aromatic carbocycles. The molecular formula is C28H24N2O6. The van der Waals surface area contributed by atoms with Gasteiger partial charge in [0.05, 0.1) is 26.0 Å². The number of aliphatic hydroxyl groups is 1. The minimum atomic E-state index is -1.38. The predicted octanol–water partition coefficient (Wildman–Crippen LogP) is 4.26. The summed E-state index contributed by atoms with van der Waals surface area (Å²) in [5, 5.41) is 15.9. The number of rotatable bonds is 8. The van der Waals surface area contributed by atoms with Crippen LogP contribution in [0.15, 0.2) is 90.0 Å². The second kappa shape index (κ2) is 11.2. The lowest BCUT2D eigenvalue weighted by Crippen LogP contribution is -2.25. The Morgan fingerprint density at radius 3 is 2.31 bits per heavy atom. The Morgan fingerprint density at radius 1 is 0.861 bits per heavy atom. The van der Waals surface area contributed by atoms with Crippen LogP contribution in [0.25, 0.3) is 10.8 Å².